The summed E-state index contributed by atoms with van der Waals surface area (Å²) in [6.07, 6.45) is 2.48. The lowest BCUT2D eigenvalue weighted by atomic mass is 10.1. The van der Waals surface area contributed by atoms with Gasteiger partial charge in [-0.1, -0.05) is 28.4 Å². The molecule has 0 saturated carbocycles. The van der Waals surface area contributed by atoms with E-state index in [4.69, 9.17) is 0 Å². The van der Waals surface area contributed by atoms with Crippen LogP contribution in [0.2, 0.25) is 0 Å². The second-order valence-electron chi connectivity index (χ2n) is 4.96. The molecule has 0 radical (unpaired) electrons. The Bertz CT molecular complexity index is 577. The first-order chi connectivity index (χ1) is 9.45. The molecule has 1 atom stereocenters. The average Bonchev–Trinajstić information content (AvgIpc) is 2.43. The molecule has 1 saturated heterocycles. The van der Waals surface area contributed by atoms with E-state index in [2.05, 4.69) is 20.7 Å². The molecule has 1 aliphatic rings. The number of nitrogens with zero attached hydrogens (tertiary/aromatic N) is 1. The van der Waals surface area contributed by atoms with Gasteiger partial charge in [0.1, 0.15) is 0 Å². The highest BCUT2D eigenvalue weighted by molar-refractivity contribution is 9.10. The summed E-state index contributed by atoms with van der Waals surface area (Å²) < 4.78 is 29.8. The standard InChI is InChI=1S/C13H19BrN2O3S/c1-10-12(14)6-4-7-13(10)15-20(18,19)16-8-3-2-5-11(16)9-17/h4,6-7,11,15,17H,2-3,5,8-9H2,1H3. The highest BCUT2D eigenvalue weighted by Gasteiger charge is 2.32. The monoisotopic (exact) mass is 362 g/mol. The van der Waals surface area contributed by atoms with Crippen molar-refractivity contribution in [1.82, 2.24) is 4.31 Å². The molecule has 0 spiro atoms. The molecule has 1 aromatic carbocycles. The van der Waals surface area contributed by atoms with Crippen LogP contribution in [0.4, 0.5) is 5.69 Å². The van der Waals surface area contributed by atoms with Gasteiger partial charge in [-0.05, 0) is 37.5 Å². The molecule has 1 heterocycles. The van der Waals surface area contributed by atoms with Gasteiger partial charge in [-0.15, -0.1) is 0 Å². The molecule has 20 heavy (non-hydrogen) atoms. The summed E-state index contributed by atoms with van der Waals surface area (Å²) in [4.78, 5) is 0. The summed E-state index contributed by atoms with van der Waals surface area (Å²) in [5, 5.41) is 9.35. The third-order valence-electron chi connectivity index (χ3n) is 3.60. The lowest BCUT2D eigenvalue weighted by molar-refractivity contribution is 0.156. The van der Waals surface area contributed by atoms with E-state index < -0.39 is 10.2 Å². The van der Waals surface area contributed by atoms with E-state index in [-0.39, 0.29) is 12.6 Å². The Balaban J connectivity index is 2.24. The maximum atomic E-state index is 12.5. The van der Waals surface area contributed by atoms with Gasteiger partial charge in [0.2, 0.25) is 0 Å². The molecule has 112 valence electrons. The maximum Gasteiger partial charge on any atom is 0.301 e. The number of aliphatic hydroxyl groups excluding tert-OH is 1. The lowest BCUT2D eigenvalue weighted by Crippen LogP contribution is -2.48. The van der Waals surface area contributed by atoms with Crippen molar-refractivity contribution in [3.8, 4) is 0 Å². The number of aliphatic hydroxyl groups is 1. The molecule has 0 aliphatic carbocycles. The number of piperidine rings is 1. The first-order valence-corrected chi connectivity index (χ1v) is 8.84. The zero-order chi connectivity index (χ0) is 14.8. The fraction of sp³-hybridized carbons (Fsp3) is 0.538. The third-order valence-corrected chi connectivity index (χ3v) is 6.03. The van der Waals surface area contributed by atoms with Gasteiger partial charge in [0.25, 0.3) is 0 Å². The Morgan fingerprint density at radius 1 is 1.45 bits per heavy atom. The summed E-state index contributed by atoms with van der Waals surface area (Å²) >= 11 is 3.39. The van der Waals surface area contributed by atoms with E-state index in [0.717, 1.165) is 22.9 Å². The van der Waals surface area contributed by atoms with Gasteiger partial charge < -0.3 is 5.11 Å². The van der Waals surface area contributed by atoms with Crippen LogP contribution in [0.15, 0.2) is 22.7 Å². The molecule has 1 aromatic rings. The van der Waals surface area contributed by atoms with E-state index in [0.29, 0.717) is 18.7 Å². The van der Waals surface area contributed by atoms with Crippen LogP contribution >= 0.6 is 15.9 Å². The predicted octanol–water partition coefficient (Wildman–Crippen LogP) is 2.26. The predicted molar refractivity (Wildman–Crippen MR) is 82.9 cm³/mol. The third kappa shape index (κ3) is 3.33. The fourth-order valence-electron chi connectivity index (χ4n) is 2.39. The molecule has 5 nitrogen and oxygen atoms in total. The fourth-order valence-corrected chi connectivity index (χ4v) is 4.31. The normalized spacial score (nSPS) is 20.9. The molecule has 0 amide bonds. The van der Waals surface area contributed by atoms with Crippen LogP contribution < -0.4 is 4.72 Å². The lowest BCUT2D eigenvalue weighted by Gasteiger charge is -2.33. The molecule has 1 unspecified atom stereocenters. The van der Waals surface area contributed by atoms with Gasteiger partial charge in [0.15, 0.2) is 0 Å². The molecule has 0 bridgehead atoms. The zero-order valence-corrected chi connectivity index (χ0v) is 13.7. The van der Waals surface area contributed by atoms with Crippen LogP contribution in [0.5, 0.6) is 0 Å². The number of nitrogens with one attached hydrogen (secondary N) is 1. The van der Waals surface area contributed by atoms with Crippen LogP contribution in [-0.2, 0) is 10.2 Å². The van der Waals surface area contributed by atoms with Crippen molar-refractivity contribution >= 4 is 31.8 Å². The van der Waals surface area contributed by atoms with Gasteiger partial charge in [0.05, 0.1) is 12.3 Å². The molecule has 2 N–H and O–H groups in total. The summed E-state index contributed by atoms with van der Waals surface area (Å²) in [5.74, 6) is 0. The van der Waals surface area contributed by atoms with Crippen LogP contribution in [0, 0.1) is 6.92 Å². The smallest absolute Gasteiger partial charge is 0.301 e. The molecule has 7 heteroatoms. The highest BCUT2D eigenvalue weighted by atomic mass is 79.9. The number of hydrogen-bond donors (Lipinski definition) is 2. The largest absolute Gasteiger partial charge is 0.395 e. The summed E-state index contributed by atoms with van der Waals surface area (Å²) in [7, 11) is -3.63. The second-order valence-corrected chi connectivity index (χ2v) is 7.44. The Kier molecular flexibility index (Phi) is 5.06. The van der Waals surface area contributed by atoms with Gasteiger partial charge >= 0.3 is 10.2 Å². The molecule has 2 rings (SSSR count). The first kappa shape index (κ1) is 15.8. The number of halogens is 1. The van der Waals surface area contributed by atoms with Crippen LogP contribution in [0.1, 0.15) is 24.8 Å². The van der Waals surface area contributed by atoms with Crippen molar-refractivity contribution in [2.75, 3.05) is 17.9 Å². The number of hydrogen-bond acceptors (Lipinski definition) is 3. The number of rotatable bonds is 4. The van der Waals surface area contributed by atoms with E-state index in [9.17, 15) is 13.5 Å². The second kappa shape index (κ2) is 6.43. The van der Waals surface area contributed by atoms with E-state index in [1.165, 1.54) is 4.31 Å². The first-order valence-electron chi connectivity index (χ1n) is 6.61. The Morgan fingerprint density at radius 2 is 2.20 bits per heavy atom. The quantitative estimate of drug-likeness (QED) is 0.862. The molecule has 1 fully saturated rings. The summed E-state index contributed by atoms with van der Waals surface area (Å²) in [6, 6.07) is 5.06. The van der Waals surface area contributed by atoms with Gasteiger partial charge in [-0.2, -0.15) is 12.7 Å². The molecular formula is C13H19BrN2O3S. The van der Waals surface area contributed by atoms with E-state index in [1.54, 1.807) is 12.1 Å². The Labute approximate surface area is 128 Å². The Hall–Kier alpha value is -0.630. The zero-order valence-electron chi connectivity index (χ0n) is 11.3. The van der Waals surface area contributed by atoms with Gasteiger partial charge in [-0.3, -0.25) is 4.72 Å². The van der Waals surface area contributed by atoms with Gasteiger partial charge in [-0.25, -0.2) is 0 Å². The van der Waals surface area contributed by atoms with Crippen molar-refractivity contribution in [3.05, 3.63) is 28.2 Å². The van der Waals surface area contributed by atoms with Crippen LogP contribution in [-0.4, -0.2) is 37.0 Å². The molecule has 1 aliphatic heterocycles. The highest BCUT2D eigenvalue weighted by Crippen LogP contribution is 2.27. The minimum absolute atomic E-state index is 0.140. The van der Waals surface area contributed by atoms with Crippen LogP contribution in [0.3, 0.4) is 0 Å². The number of anilines is 1. The molecular weight excluding hydrogens is 344 g/mol. The summed E-state index contributed by atoms with van der Waals surface area (Å²) in [5.41, 5.74) is 1.40. The average molecular weight is 363 g/mol. The topological polar surface area (TPSA) is 69.6 Å². The van der Waals surface area contributed by atoms with Crippen molar-refractivity contribution in [3.63, 3.8) is 0 Å². The van der Waals surface area contributed by atoms with E-state index in [1.807, 2.05) is 13.0 Å². The SMILES string of the molecule is Cc1c(Br)cccc1NS(=O)(=O)N1CCCCC1CO. The van der Waals surface area contributed by atoms with Crippen molar-refractivity contribution in [2.45, 2.75) is 32.2 Å². The van der Waals surface area contributed by atoms with E-state index >= 15 is 0 Å². The summed E-state index contributed by atoms with van der Waals surface area (Å²) in [6.45, 7) is 2.16. The van der Waals surface area contributed by atoms with Crippen molar-refractivity contribution in [1.29, 1.82) is 0 Å². The minimum Gasteiger partial charge on any atom is -0.395 e. The molecule has 0 aromatic heterocycles. The van der Waals surface area contributed by atoms with Gasteiger partial charge in [0, 0.05) is 17.1 Å². The van der Waals surface area contributed by atoms with Crippen molar-refractivity contribution < 1.29 is 13.5 Å². The maximum absolute atomic E-state index is 12.5. The Morgan fingerprint density at radius 3 is 2.90 bits per heavy atom. The van der Waals surface area contributed by atoms with Crippen molar-refractivity contribution in [2.24, 2.45) is 0 Å². The van der Waals surface area contributed by atoms with Crippen LogP contribution in [0.25, 0.3) is 0 Å². The number of benzene rings is 1. The minimum atomic E-state index is -3.63.